The zero-order valence-electron chi connectivity index (χ0n) is 15.9. The molecule has 0 unspecified atom stereocenters. The highest BCUT2D eigenvalue weighted by molar-refractivity contribution is 9.10. The van der Waals surface area contributed by atoms with Gasteiger partial charge in [-0.1, -0.05) is 47.5 Å². The van der Waals surface area contributed by atoms with Crippen LogP contribution in [0.4, 0.5) is 5.69 Å². The largest absolute Gasteiger partial charge is 0.352 e. The number of hydrogen-bond donors (Lipinski definition) is 1. The summed E-state index contributed by atoms with van der Waals surface area (Å²) in [6.07, 6.45) is 0. The summed E-state index contributed by atoms with van der Waals surface area (Å²) in [4.78, 5) is 12.7. The van der Waals surface area contributed by atoms with E-state index in [0.29, 0.717) is 5.69 Å². The molecular weight excluding hydrogens is 428 g/mol. The summed E-state index contributed by atoms with van der Waals surface area (Å²) in [7, 11) is -3.88. The molecule has 5 nitrogen and oxygen atoms in total. The molecule has 2 aromatic rings. The van der Waals surface area contributed by atoms with Gasteiger partial charge in [0.1, 0.15) is 6.54 Å². The zero-order valence-corrected chi connectivity index (χ0v) is 18.3. The van der Waals surface area contributed by atoms with Crippen molar-refractivity contribution in [1.29, 1.82) is 0 Å². The molecule has 0 aromatic heterocycles. The third-order valence-corrected chi connectivity index (χ3v) is 6.72. The molecule has 1 atom stereocenters. The minimum Gasteiger partial charge on any atom is -0.352 e. The standard InChI is InChI=1S/C20H25BrN2O3S/c1-14(2)16(4)22-20(24)13-23(18-9-7-17(21)8-10-18)27(25,26)19-11-5-15(3)6-12-19/h5-12,14,16H,13H2,1-4H3,(H,22,24)/t16-/m1/s1. The monoisotopic (exact) mass is 452 g/mol. The Balaban J connectivity index is 2.39. The SMILES string of the molecule is Cc1ccc(S(=O)(=O)N(CC(=O)N[C@H](C)C(C)C)c2ccc(Br)cc2)cc1. The van der Waals surface area contributed by atoms with Gasteiger partial charge in [0.25, 0.3) is 10.0 Å². The average Bonchev–Trinajstić information content (AvgIpc) is 2.60. The van der Waals surface area contributed by atoms with Crippen molar-refractivity contribution in [3.63, 3.8) is 0 Å². The van der Waals surface area contributed by atoms with Crippen LogP contribution in [0.1, 0.15) is 26.3 Å². The number of amides is 1. The summed E-state index contributed by atoms with van der Waals surface area (Å²) in [6, 6.07) is 13.4. The predicted molar refractivity (Wildman–Crippen MR) is 112 cm³/mol. The Labute approximate surface area is 170 Å². The van der Waals surface area contributed by atoms with Crippen LogP contribution in [0.25, 0.3) is 0 Å². The second-order valence-corrected chi connectivity index (χ2v) is 9.68. The third-order valence-electron chi connectivity index (χ3n) is 4.40. The van der Waals surface area contributed by atoms with Crippen molar-refractivity contribution in [3.05, 3.63) is 58.6 Å². The van der Waals surface area contributed by atoms with Crippen LogP contribution < -0.4 is 9.62 Å². The molecule has 0 saturated carbocycles. The van der Waals surface area contributed by atoms with Crippen LogP contribution in [0, 0.1) is 12.8 Å². The van der Waals surface area contributed by atoms with E-state index < -0.39 is 10.0 Å². The van der Waals surface area contributed by atoms with Crippen molar-refractivity contribution in [2.24, 2.45) is 5.92 Å². The summed E-state index contributed by atoms with van der Waals surface area (Å²) in [5.74, 6) is -0.0846. The fourth-order valence-electron chi connectivity index (χ4n) is 2.36. The first-order valence-electron chi connectivity index (χ1n) is 8.75. The molecule has 0 radical (unpaired) electrons. The van der Waals surface area contributed by atoms with Gasteiger partial charge in [0.2, 0.25) is 5.91 Å². The molecule has 2 aromatic carbocycles. The molecule has 0 bridgehead atoms. The molecular formula is C20H25BrN2O3S. The Kier molecular flexibility index (Phi) is 7.06. The van der Waals surface area contributed by atoms with Gasteiger partial charge < -0.3 is 5.32 Å². The van der Waals surface area contributed by atoms with Crippen LogP contribution in [-0.2, 0) is 14.8 Å². The molecule has 0 fully saturated rings. The molecule has 0 aliphatic heterocycles. The van der Waals surface area contributed by atoms with E-state index in [4.69, 9.17) is 0 Å². The van der Waals surface area contributed by atoms with E-state index in [2.05, 4.69) is 21.2 Å². The van der Waals surface area contributed by atoms with Gasteiger partial charge in [-0.3, -0.25) is 9.10 Å². The minimum absolute atomic E-state index is 0.0497. The van der Waals surface area contributed by atoms with Gasteiger partial charge in [-0.2, -0.15) is 0 Å². The average molecular weight is 453 g/mol. The Morgan fingerprint density at radius 1 is 1.04 bits per heavy atom. The topological polar surface area (TPSA) is 66.5 Å². The van der Waals surface area contributed by atoms with E-state index in [-0.39, 0.29) is 29.3 Å². The molecule has 0 spiro atoms. The van der Waals surface area contributed by atoms with Gasteiger partial charge in [0.15, 0.2) is 0 Å². The summed E-state index contributed by atoms with van der Waals surface area (Å²) in [6.45, 7) is 7.51. The first kappa shape index (κ1) is 21.4. The van der Waals surface area contributed by atoms with Crippen molar-refractivity contribution >= 4 is 37.5 Å². The molecule has 0 aliphatic carbocycles. The number of carbonyl (C=O) groups excluding carboxylic acids is 1. The Morgan fingerprint density at radius 2 is 1.59 bits per heavy atom. The molecule has 1 amide bonds. The van der Waals surface area contributed by atoms with E-state index in [9.17, 15) is 13.2 Å². The maximum Gasteiger partial charge on any atom is 0.264 e. The highest BCUT2D eigenvalue weighted by atomic mass is 79.9. The number of hydrogen-bond acceptors (Lipinski definition) is 3. The van der Waals surface area contributed by atoms with Crippen molar-refractivity contribution in [3.8, 4) is 0 Å². The first-order chi connectivity index (χ1) is 12.6. The van der Waals surface area contributed by atoms with Crippen molar-refractivity contribution in [1.82, 2.24) is 5.32 Å². The minimum atomic E-state index is -3.88. The lowest BCUT2D eigenvalue weighted by Gasteiger charge is -2.26. The lowest BCUT2D eigenvalue weighted by atomic mass is 10.1. The normalized spacial score (nSPS) is 12.7. The van der Waals surface area contributed by atoms with E-state index in [1.807, 2.05) is 27.7 Å². The van der Waals surface area contributed by atoms with Gasteiger partial charge in [0.05, 0.1) is 10.6 Å². The van der Waals surface area contributed by atoms with Gasteiger partial charge >= 0.3 is 0 Å². The molecule has 2 rings (SSSR count). The summed E-state index contributed by atoms with van der Waals surface area (Å²) in [5.41, 5.74) is 1.40. The van der Waals surface area contributed by atoms with Gasteiger partial charge in [0, 0.05) is 10.5 Å². The lowest BCUT2D eigenvalue weighted by molar-refractivity contribution is -0.120. The molecule has 7 heteroatoms. The second kappa shape index (κ2) is 8.89. The van der Waals surface area contributed by atoms with Crippen LogP contribution in [0.2, 0.25) is 0 Å². The van der Waals surface area contributed by atoms with Crippen LogP contribution in [0.3, 0.4) is 0 Å². The number of aryl methyl sites for hydroxylation is 1. The molecule has 0 aliphatic rings. The second-order valence-electron chi connectivity index (χ2n) is 6.90. The number of sulfonamides is 1. The van der Waals surface area contributed by atoms with E-state index in [0.717, 1.165) is 14.3 Å². The van der Waals surface area contributed by atoms with E-state index >= 15 is 0 Å². The van der Waals surface area contributed by atoms with Gasteiger partial charge in [-0.05, 0) is 56.2 Å². The fourth-order valence-corrected chi connectivity index (χ4v) is 4.04. The van der Waals surface area contributed by atoms with Gasteiger partial charge in [-0.25, -0.2) is 8.42 Å². The molecule has 146 valence electrons. The Hall–Kier alpha value is -1.86. The predicted octanol–water partition coefficient (Wildman–Crippen LogP) is 4.11. The number of carbonyl (C=O) groups is 1. The maximum atomic E-state index is 13.2. The highest BCUT2D eigenvalue weighted by Crippen LogP contribution is 2.25. The van der Waals surface area contributed by atoms with Crippen LogP contribution in [0.15, 0.2) is 57.9 Å². The van der Waals surface area contributed by atoms with Gasteiger partial charge in [-0.15, -0.1) is 0 Å². The van der Waals surface area contributed by atoms with Crippen LogP contribution >= 0.6 is 15.9 Å². The fraction of sp³-hybridized carbons (Fsp3) is 0.350. The zero-order chi connectivity index (χ0) is 20.2. The summed E-state index contributed by atoms with van der Waals surface area (Å²) < 4.78 is 28.4. The molecule has 0 saturated heterocycles. The van der Waals surface area contributed by atoms with Crippen molar-refractivity contribution in [2.75, 3.05) is 10.8 Å². The lowest BCUT2D eigenvalue weighted by Crippen LogP contribution is -2.45. The number of halogens is 1. The number of benzene rings is 2. The maximum absolute atomic E-state index is 13.2. The highest BCUT2D eigenvalue weighted by Gasteiger charge is 2.27. The first-order valence-corrected chi connectivity index (χ1v) is 11.0. The smallest absolute Gasteiger partial charge is 0.264 e. The molecule has 0 heterocycles. The number of anilines is 1. The number of nitrogens with zero attached hydrogens (tertiary/aromatic N) is 1. The van der Waals surface area contributed by atoms with E-state index in [1.54, 1.807) is 48.5 Å². The number of rotatable bonds is 7. The van der Waals surface area contributed by atoms with Crippen molar-refractivity contribution < 1.29 is 13.2 Å². The quantitative estimate of drug-likeness (QED) is 0.686. The Bertz CT molecular complexity index is 878. The third kappa shape index (κ3) is 5.56. The number of nitrogens with one attached hydrogen (secondary N) is 1. The Morgan fingerprint density at radius 3 is 2.11 bits per heavy atom. The summed E-state index contributed by atoms with van der Waals surface area (Å²) >= 11 is 3.35. The molecule has 1 N–H and O–H groups in total. The summed E-state index contributed by atoms with van der Waals surface area (Å²) in [5, 5.41) is 2.87. The molecule has 27 heavy (non-hydrogen) atoms. The van der Waals surface area contributed by atoms with Crippen molar-refractivity contribution in [2.45, 2.75) is 38.6 Å². The van der Waals surface area contributed by atoms with Crippen LogP contribution in [-0.4, -0.2) is 26.9 Å². The van der Waals surface area contributed by atoms with Crippen LogP contribution in [0.5, 0.6) is 0 Å². The van der Waals surface area contributed by atoms with E-state index in [1.165, 1.54) is 0 Å².